The van der Waals surface area contributed by atoms with Crippen LogP contribution in [0.2, 0.25) is 0 Å². The Morgan fingerprint density at radius 3 is 2.79 bits per heavy atom. The Labute approximate surface area is 140 Å². The van der Waals surface area contributed by atoms with Gasteiger partial charge in [-0.25, -0.2) is 0 Å². The Bertz CT molecular complexity index is 715. The standard InChI is InChI=1S/C17H22N4O3/c1-3-13-9-12(2)10-14(16(13)21-18-5-6-19-21)17(23)20-7-4-8-24-15(20)11-22/h5-6,9-10,15,22H,3-4,7-8,11H2,1-2H3/t15-/m0/s1. The van der Waals surface area contributed by atoms with Crippen molar-refractivity contribution in [2.24, 2.45) is 0 Å². The quantitative estimate of drug-likeness (QED) is 0.914. The van der Waals surface area contributed by atoms with Gasteiger partial charge in [-0.1, -0.05) is 13.0 Å². The molecule has 0 unspecified atom stereocenters. The number of aromatic nitrogens is 3. The zero-order valence-electron chi connectivity index (χ0n) is 14.0. The van der Waals surface area contributed by atoms with E-state index in [2.05, 4.69) is 10.2 Å². The number of benzene rings is 1. The highest BCUT2D eigenvalue weighted by Gasteiger charge is 2.30. The van der Waals surface area contributed by atoms with Gasteiger partial charge in [0, 0.05) is 6.54 Å². The minimum atomic E-state index is -0.602. The van der Waals surface area contributed by atoms with Crippen LogP contribution in [0.4, 0.5) is 0 Å². The lowest BCUT2D eigenvalue weighted by Gasteiger charge is -2.35. The number of aliphatic hydroxyl groups is 1. The SMILES string of the molecule is CCc1cc(C)cc(C(=O)N2CCCO[C@H]2CO)c1-n1nccn1. The van der Waals surface area contributed by atoms with E-state index in [9.17, 15) is 9.90 Å². The molecule has 1 atom stereocenters. The van der Waals surface area contributed by atoms with Crippen molar-refractivity contribution in [3.8, 4) is 5.69 Å². The Balaban J connectivity index is 2.09. The second-order valence-corrected chi connectivity index (χ2v) is 5.85. The van der Waals surface area contributed by atoms with E-state index < -0.39 is 6.23 Å². The third-order valence-corrected chi connectivity index (χ3v) is 4.18. The lowest BCUT2D eigenvalue weighted by atomic mass is 10.00. The fraction of sp³-hybridized carbons (Fsp3) is 0.471. The molecular formula is C17H22N4O3. The lowest BCUT2D eigenvalue weighted by Crippen LogP contribution is -2.48. The van der Waals surface area contributed by atoms with Gasteiger partial charge in [-0.2, -0.15) is 15.0 Å². The molecule has 128 valence electrons. The van der Waals surface area contributed by atoms with Crippen LogP contribution in [0.15, 0.2) is 24.5 Å². The monoisotopic (exact) mass is 330 g/mol. The number of hydrogen-bond donors (Lipinski definition) is 1. The number of ether oxygens (including phenoxy) is 1. The van der Waals surface area contributed by atoms with E-state index in [1.54, 1.807) is 17.3 Å². The van der Waals surface area contributed by atoms with Gasteiger partial charge in [0.25, 0.3) is 5.91 Å². The summed E-state index contributed by atoms with van der Waals surface area (Å²) in [7, 11) is 0. The van der Waals surface area contributed by atoms with E-state index in [1.165, 1.54) is 4.80 Å². The molecule has 3 rings (SSSR count). The van der Waals surface area contributed by atoms with Crippen molar-refractivity contribution < 1.29 is 14.6 Å². The van der Waals surface area contributed by atoms with Gasteiger partial charge in [-0.15, -0.1) is 0 Å². The molecule has 7 heteroatoms. The zero-order valence-corrected chi connectivity index (χ0v) is 14.0. The fourth-order valence-corrected chi connectivity index (χ4v) is 3.08. The first-order chi connectivity index (χ1) is 11.7. The van der Waals surface area contributed by atoms with E-state index in [4.69, 9.17) is 4.74 Å². The van der Waals surface area contributed by atoms with Crippen LogP contribution in [0.25, 0.3) is 5.69 Å². The number of nitrogens with zero attached hydrogens (tertiary/aromatic N) is 4. The van der Waals surface area contributed by atoms with Crippen LogP contribution in [-0.4, -0.2) is 56.9 Å². The third kappa shape index (κ3) is 3.05. The van der Waals surface area contributed by atoms with Gasteiger partial charge in [0.2, 0.25) is 0 Å². The van der Waals surface area contributed by atoms with Crippen LogP contribution >= 0.6 is 0 Å². The Hall–Kier alpha value is -2.25. The summed E-state index contributed by atoms with van der Waals surface area (Å²) in [6, 6.07) is 3.90. The first-order valence-corrected chi connectivity index (χ1v) is 8.19. The molecule has 2 heterocycles. The Morgan fingerprint density at radius 1 is 1.38 bits per heavy atom. The molecule has 1 aliphatic heterocycles. The van der Waals surface area contributed by atoms with Crippen molar-refractivity contribution in [2.75, 3.05) is 19.8 Å². The van der Waals surface area contributed by atoms with E-state index >= 15 is 0 Å². The van der Waals surface area contributed by atoms with Crippen LogP contribution in [0, 0.1) is 6.92 Å². The molecule has 24 heavy (non-hydrogen) atoms. The second kappa shape index (κ2) is 7.11. The summed E-state index contributed by atoms with van der Waals surface area (Å²) in [6.07, 6.45) is 4.10. The third-order valence-electron chi connectivity index (χ3n) is 4.18. The summed E-state index contributed by atoms with van der Waals surface area (Å²) >= 11 is 0. The minimum absolute atomic E-state index is 0.167. The number of rotatable bonds is 4. The smallest absolute Gasteiger partial charge is 0.258 e. The van der Waals surface area contributed by atoms with Crippen molar-refractivity contribution in [2.45, 2.75) is 32.9 Å². The summed E-state index contributed by atoms with van der Waals surface area (Å²) in [5, 5.41) is 17.9. The number of amides is 1. The maximum atomic E-state index is 13.2. The van der Waals surface area contributed by atoms with Crippen LogP contribution in [-0.2, 0) is 11.2 Å². The summed E-state index contributed by atoms with van der Waals surface area (Å²) in [4.78, 5) is 16.2. The van der Waals surface area contributed by atoms with E-state index in [-0.39, 0.29) is 12.5 Å². The predicted octanol–water partition coefficient (Wildman–Crippen LogP) is 1.32. The molecule has 0 spiro atoms. The molecule has 0 saturated carbocycles. The van der Waals surface area contributed by atoms with Crippen molar-refractivity contribution in [1.29, 1.82) is 0 Å². The molecule has 1 aromatic heterocycles. The molecule has 1 fully saturated rings. The molecular weight excluding hydrogens is 308 g/mol. The molecule has 1 N–H and O–H groups in total. The maximum Gasteiger partial charge on any atom is 0.258 e. The van der Waals surface area contributed by atoms with Crippen molar-refractivity contribution >= 4 is 5.91 Å². The number of hydrogen-bond acceptors (Lipinski definition) is 5. The number of aliphatic hydroxyl groups excluding tert-OH is 1. The van der Waals surface area contributed by atoms with E-state index in [0.29, 0.717) is 24.4 Å². The highest BCUT2D eigenvalue weighted by molar-refractivity contribution is 5.98. The normalized spacial score (nSPS) is 18.0. The van der Waals surface area contributed by atoms with E-state index in [0.717, 1.165) is 24.0 Å². The molecule has 1 aliphatic rings. The van der Waals surface area contributed by atoms with Crippen molar-refractivity contribution in [1.82, 2.24) is 19.9 Å². The molecule has 1 aromatic carbocycles. The van der Waals surface area contributed by atoms with E-state index in [1.807, 2.05) is 26.0 Å². The van der Waals surface area contributed by atoms with Crippen molar-refractivity contribution in [3.63, 3.8) is 0 Å². The highest BCUT2D eigenvalue weighted by Crippen LogP contribution is 2.25. The van der Waals surface area contributed by atoms with Gasteiger partial charge in [0.1, 0.15) is 5.69 Å². The van der Waals surface area contributed by atoms with Crippen LogP contribution in [0.1, 0.15) is 34.8 Å². The number of carbonyl (C=O) groups is 1. The maximum absolute atomic E-state index is 13.2. The largest absolute Gasteiger partial charge is 0.392 e. The lowest BCUT2D eigenvalue weighted by molar-refractivity contribution is -0.0996. The molecule has 7 nitrogen and oxygen atoms in total. The predicted molar refractivity (Wildman–Crippen MR) is 88.0 cm³/mol. The average molecular weight is 330 g/mol. The van der Waals surface area contributed by atoms with Crippen molar-refractivity contribution in [3.05, 3.63) is 41.2 Å². The topological polar surface area (TPSA) is 80.5 Å². The zero-order chi connectivity index (χ0) is 17.1. The summed E-state index contributed by atoms with van der Waals surface area (Å²) in [5.41, 5.74) is 3.24. The molecule has 0 bridgehead atoms. The van der Waals surface area contributed by atoms with Gasteiger partial charge in [-0.05, 0) is 37.0 Å². The molecule has 2 aromatic rings. The summed E-state index contributed by atoms with van der Waals surface area (Å²) in [6.45, 7) is 4.90. The van der Waals surface area contributed by atoms with Crippen LogP contribution in [0.5, 0.6) is 0 Å². The molecule has 1 saturated heterocycles. The Kier molecular flexibility index (Phi) is 4.92. The highest BCUT2D eigenvalue weighted by atomic mass is 16.5. The summed E-state index contributed by atoms with van der Waals surface area (Å²) < 4.78 is 5.52. The first kappa shape index (κ1) is 16.6. The van der Waals surface area contributed by atoms with Crippen LogP contribution in [0.3, 0.4) is 0 Å². The van der Waals surface area contributed by atoms with Gasteiger partial charge in [0.15, 0.2) is 6.23 Å². The number of aryl methyl sites for hydroxylation is 2. The molecule has 1 amide bonds. The molecule has 0 radical (unpaired) electrons. The summed E-state index contributed by atoms with van der Waals surface area (Å²) in [5.74, 6) is -0.167. The fourth-order valence-electron chi connectivity index (χ4n) is 3.08. The Morgan fingerprint density at radius 2 is 2.12 bits per heavy atom. The number of carbonyl (C=O) groups excluding carboxylic acids is 1. The van der Waals surface area contributed by atoms with Gasteiger partial charge >= 0.3 is 0 Å². The average Bonchev–Trinajstić information content (AvgIpc) is 3.14. The molecule has 0 aliphatic carbocycles. The van der Waals surface area contributed by atoms with Gasteiger partial charge in [0.05, 0.1) is 31.2 Å². The second-order valence-electron chi connectivity index (χ2n) is 5.85. The minimum Gasteiger partial charge on any atom is -0.392 e. The van der Waals surface area contributed by atoms with Gasteiger partial charge in [-0.3, -0.25) is 4.79 Å². The van der Waals surface area contributed by atoms with Crippen LogP contribution < -0.4 is 0 Å². The first-order valence-electron chi connectivity index (χ1n) is 8.19. The van der Waals surface area contributed by atoms with Gasteiger partial charge < -0.3 is 14.7 Å².